The second kappa shape index (κ2) is 4.58. The summed E-state index contributed by atoms with van der Waals surface area (Å²) in [6, 6.07) is 14.3. The predicted octanol–water partition coefficient (Wildman–Crippen LogP) is 2.77. The molecule has 0 aliphatic rings. The van der Waals surface area contributed by atoms with E-state index >= 15 is 0 Å². The number of phenols is 1. The Morgan fingerprint density at radius 1 is 1.05 bits per heavy atom. The van der Waals surface area contributed by atoms with Crippen molar-refractivity contribution < 1.29 is 9.52 Å². The monoisotopic (exact) mass is 343 g/mol. The molecule has 0 aliphatic carbocycles. The van der Waals surface area contributed by atoms with E-state index in [0.717, 1.165) is 19.7 Å². The van der Waals surface area contributed by atoms with Crippen molar-refractivity contribution in [3.8, 4) is 15.9 Å². The molecule has 0 unspecified atom stereocenters. The molecule has 0 saturated carbocycles. The van der Waals surface area contributed by atoms with Gasteiger partial charge in [-0.15, -0.1) is 0 Å². The molecule has 0 atom stereocenters. The average Bonchev–Trinajstić information content (AvgIpc) is 2.90. The van der Waals surface area contributed by atoms with Gasteiger partial charge in [-0.05, 0) is 0 Å². The number of hydrogen-bond acceptors (Lipinski definition) is 4. The van der Waals surface area contributed by atoms with Crippen LogP contribution in [0.3, 0.4) is 0 Å². The van der Waals surface area contributed by atoms with Gasteiger partial charge in [-0.25, -0.2) is 0 Å². The first-order valence-electron chi connectivity index (χ1n) is 6.34. The topological polar surface area (TPSA) is 63.3 Å². The second-order valence-corrected chi connectivity index (χ2v) is 6.78. The Morgan fingerprint density at radius 2 is 1.86 bits per heavy atom. The van der Waals surface area contributed by atoms with Crippen molar-refractivity contribution in [1.82, 2.24) is 4.98 Å². The maximum atomic E-state index is 11.5. The van der Waals surface area contributed by atoms with Crippen molar-refractivity contribution in [1.29, 1.82) is 0 Å². The van der Waals surface area contributed by atoms with Crippen LogP contribution in [0.1, 0.15) is 0 Å². The fourth-order valence-corrected chi connectivity index (χ4v) is 4.44. The van der Waals surface area contributed by atoms with E-state index in [-0.39, 0.29) is 20.3 Å². The van der Waals surface area contributed by atoms with E-state index < -0.39 is 5.63 Å². The summed E-state index contributed by atoms with van der Waals surface area (Å²) in [5.41, 5.74) is 1.41. The fraction of sp³-hybridized carbons (Fsp3) is 0. The standard InChI is InChI=1S/C16H9NO3Se/c18-11-7-5-9-6-8-13(19)20-15(9)14(11)16-17-10-3-1-2-4-12(10)21-16/h1-8,18H. The Labute approximate surface area is 125 Å². The number of rotatable bonds is 1. The van der Waals surface area contributed by atoms with Gasteiger partial charge in [0, 0.05) is 0 Å². The number of aromatic nitrogens is 1. The van der Waals surface area contributed by atoms with Crippen molar-refractivity contribution in [2.75, 3.05) is 0 Å². The molecular formula is C16H9NO3Se. The maximum absolute atomic E-state index is 11.5. The number of hydrogen-bond donors (Lipinski definition) is 1. The van der Waals surface area contributed by atoms with Crippen LogP contribution in [0.25, 0.3) is 30.9 Å². The van der Waals surface area contributed by atoms with Crippen LogP contribution in [0.5, 0.6) is 5.75 Å². The summed E-state index contributed by atoms with van der Waals surface area (Å²) < 4.78 is 7.24. The summed E-state index contributed by atoms with van der Waals surface area (Å²) in [6.07, 6.45) is 0. The zero-order valence-corrected chi connectivity index (χ0v) is 12.5. The molecule has 0 fully saturated rings. The van der Waals surface area contributed by atoms with Crippen LogP contribution < -0.4 is 5.63 Å². The molecule has 1 N–H and O–H groups in total. The van der Waals surface area contributed by atoms with Crippen LogP contribution >= 0.6 is 0 Å². The normalized spacial score (nSPS) is 11.2. The summed E-state index contributed by atoms with van der Waals surface area (Å²) in [5.74, 6) is 0.0882. The van der Waals surface area contributed by atoms with Gasteiger partial charge in [0.2, 0.25) is 0 Å². The number of nitrogens with zero attached hydrogens (tertiary/aromatic N) is 1. The van der Waals surface area contributed by atoms with Gasteiger partial charge in [-0.2, -0.15) is 0 Å². The van der Waals surface area contributed by atoms with E-state index in [1.807, 2.05) is 24.3 Å². The molecule has 0 amide bonds. The Morgan fingerprint density at radius 3 is 2.71 bits per heavy atom. The first-order valence-corrected chi connectivity index (χ1v) is 8.05. The Balaban J connectivity index is 2.11. The molecule has 2 aromatic carbocycles. The van der Waals surface area contributed by atoms with Crippen molar-refractivity contribution in [2.24, 2.45) is 0 Å². The predicted molar refractivity (Wildman–Crippen MR) is 81.8 cm³/mol. The zero-order valence-electron chi connectivity index (χ0n) is 10.7. The Bertz CT molecular complexity index is 999. The van der Waals surface area contributed by atoms with E-state index in [0.29, 0.717) is 11.1 Å². The third kappa shape index (κ3) is 1.98. The zero-order chi connectivity index (χ0) is 14.4. The average molecular weight is 342 g/mol. The van der Waals surface area contributed by atoms with E-state index in [1.54, 1.807) is 18.2 Å². The van der Waals surface area contributed by atoms with E-state index in [2.05, 4.69) is 4.98 Å². The van der Waals surface area contributed by atoms with Crippen LogP contribution in [-0.4, -0.2) is 24.6 Å². The Hall–Kier alpha value is -2.36. The SMILES string of the molecule is O=c1ccc2ccc(O)c(-c3nc4ccccc4[se]3)c2o1. The molecule has 0 bridgehead atoms. The van der Waals surface area contributed by atoms with E-state index in [4.69, 9.17) is 4.42 Å². The molecule has 102 valence electrons. The summed E-state index contributed by atoms with van der Waals surface area (Å²) in [6.45, 7) is 0. The van der Waals surface area contributed by atoms with Crippen LogP contribution in [0.4, 0.5) is 0 Å². The molecular weight excluding hydrogens is 333 g/mol. The van der Waals surface area contributed by atoms with Crippen molar-refractivity contribution in [2.45, 2.75) is 0 Å². The van der Waals surface area contributed by atoms with Gasteiger partial charge < -0.3 is 0 Å². The third-order valence-corrected chi connectivity index (χ3v) is 5.49. The van der Waals surface area contributed by atoms with Gasteiger partial charge in [0.1, 0.15) is 0 Å². The molecule has 21 heavy (non-hydrogen) atoms. The quantitative estimate of drug-likeness (QED) is 0.427. The van der Waals surface area contributed by atoms with Crippen molar-refractivity contribution >= 4 is 35.2 Å². The number of benzene rings is 2. The van der Waals surface area contributed by atoms with Gasteiger partial charge in [0.25, 0.3) is 0 Å². The molecule has 4 nitrogen and oxygen atoms in total. The first-order chi connectivity index (χ1) is 10.2. The summed E-state index contributed by atoms with van der Waals surface area (Å²) in [4.78, 5) is 16.1. The summed E-state index contributed by atoms with van der Waals surface area (Å²) >= 11 is -0.0171. The van der Waals surface area contributed by atoms with Gasteiger partial charge in [-0.3, -0.25) is 0 Å². The summed E-state index contributed by atoms with van der Waals surface area (Å²) in [7, 11) is 0. The molecule has 0 spiro atoms. The van der Waals surface area contributed by atoms with Crippen molar-refractivity contribution in [3.63, 3.8) is 0 Å². The molecule has 2 aromatic heterocycles. The van der Waals surface area contributed by atoms with Gasteiger partial charge in [-0.1, -0.05) is 0 Å². The third-order valence-electron chi connectivity index (χ3n) is 3.28. The number of fused-ring (bicyclic) bond motifs is 2. The molecule has 5 heteroatoms. The molecule has 4 rings (SSSR count). The number of aromatic hydroxyl groups is 1. The molecule has 2 heterocycles. The molecule has 0 saturated heterocycles. The minimum absolute atomic E-state index is 0.0171. The van der Waals surface area contributed by atoms with E-state index in [9.17, 15) is 9.90 Å². The van der Waals surface area contributed by atoms with E-state index in [1.165, 1.54) is 6.07 Å². The fourth-order valence-electron chi connectivity index (χ4n) is 2.31. The van der Waals surface area contributed by atoms with Crippen LogP contribution in [0, 0.1) is 0 Å². The number of para-hydroxylation sites is 1. The van der Waals surface area contributed by atoms with Crippen LogP contribution in [0.2, 0.25) is 0 Å². The Kier molecular flexibility index (Phi) is 2.70. The van der Waals surface area contributed by atoms with Crippen LogP contribution in [0.15, 0.2) is 57.7 Å². The number of phenolic OH excluding ortho intramolecular Hbond substituents is 1. The first kappa shape index (κ1) is 12.4. The summed E-state index contributed by atoms with van der Waals surface area (Å²) in [5, 5.41) is 11.0. The molecule has 0 aliphatic heterocycles. The van der Waals surface area contributed by atoms with Gasteiger partial charge in [0.05, 0.1) is 0 Å². The molecule has 4 aromatic rings. The minimum atomic E-state index is -0.432. The second-order valence-electron chi connectivity index (χ2n) is 4.62. The molecule has 0 radical (unpaired) electrons. The van der Waals surface area contributed by atoms with Gasteiger partial charge >= 0.3 is 125 Å². The van der Waals surface area contributed by atoms with Gasteiger partial charge in [0.15, 0.2) is 0 Å². The van der Waals surface area contributed by atoms with Crippen LogP contribution in [-0.2, 0) is 0 Å². The van der Waals surface area contributed by atoms with Crippen molar-refractivity contribution in [3.05, 3.63) is 59.0 Å².